The van der Waals surface area contributed by atoms with Crippen LogP contribution in [0.25, 0.3) is 0 Å². The molecule has 1 aromatic carbocycles. The van der Waals surface area contributed by atoms with Gasteiger partial charge in [0.2, 0.25) is 0 Å². The monoisotopic (exact) mass is 263 g/mol. The van der Waals surface area contributed by atoms with Crippen molar-refractivity contribution in [1.29, 1.82) is 0 Å². The minimum Gasteiger partial charge on any atom is -0.305 e. The van der Waals surface area contributed by atoms with Gasteiger partial charge in [-0.3, -0.25) is 0 Å². The quantitative estimate of drug-likeness (QED) is 0.921. The first-order chi connectivity index (χ1) is 9.13. The van der Waals surface area contributed by atoms with Crippen LogP contribution in [0.5, 0.6) is 0 Å². The minimum absolute atomic E-state index is 0.250. The van der Waals surface area contributed by atoms with Gasteiger partial charge in [-0.15, -0.1) is 0 Å². The Labute approximate surface area is 110 Å². The lowest BCUT2D eigenvalue weighted by Gasteiger charge is -2.18. The van der Waals surface area contributed by atoms with Crippen LogP contribution >= 0.6 is 0 Å². The van der Waals surface area contributed by atoms with Gasteiger partial charge in [-0.05, 0) is 25.6 Å². The van der Waals surface area contributed by atoms with Crippen molar-refractivity contribution in [3.8, 4) is 0 Å². The first kappa shape index (κ1) is 13.5. The third kappa shape index (κ3) is 2.93. The predicted molar refractivity (Wildman–Crippen MR) is 68.6 cm³/mol. The number of benzene rings is 1. The number of halogens is 2. The zero-order chi connectivity index (χ0) is 13.8. The van der Waals surface area contributed by atoms with Gasteiger partial charge >= 0.3 is 0 Å². The van der Waals surface area contributed by atoms with Crippen LogP contribution in [-0.2, 0) is 0 Å². The van der Waals surface area contributed by atoms with Crippen LogP contribution in [0.15, 0.2) is 30.5 Å². The third-order valence-corrected chi connectivity index (χ3v) is 2.79. The first-order valence-corrected chi connectivity index (χ1v) is 6.10. The van der Waals surface area contributed by atoms with E-state index in [2.05, 4.69) is 15.3 Å². The van der Waals surface area contributed by atoms with Gasteiger partial charge in [-0.25, -0.2) is 18.7 Å². The Balaban J connectivity index is 2.48. The lowest BCUT2D eigenvalue weighted by atomic mass is 10.0. The van der Waals surface area contributed by atoms with Gasteiger partial charge in [-0.1, -0.05) is 19.1 Å². The molecule has 19 heavy (non-hydrogen) atoms. The Morgan fingerprint density at radius 2 is 2.05 bits per heavy atom. The Kier molecular flexibility index (Phi) is 4.16. The Hall–Kier alpha value is -1.88. The molecule has 0 amide bonds. The second-order valence-corrected chi connectivity index (χ2v) is 4.16. The van der Waals surface area contributed by atoms with Crippen molar-refractivity contribution < 1.29 is 8.78 Å². The average Bonchev–Trinajstić information content (AvgIpc) is 2.40. The summed E-state index contributed by atoms with van der Waals surface area (Å²) in [5.74, 6) is -1.10. The van der Waals surface area contributed by atoms with Crippen LogP contribution in [0.2, 0.25) is 0 Å². The van der Waals surface area contributed by atoms with Gasteiger partial charge in [0.1, 0.15) is 5.82 Å². The second kappa shape index (κ2) is 5.84. The summed E-state index contributed by atoms with van der Waals surface area (Å²) in [4.78, 5) is 8.29. The minimum atomic E-state index is -0.855. The zero-order valence-electron chi connectivity index (χ0n) is 10.8. The number of aryl methyl sites for hydroxylation is 1. The molecule has 0 saturated heterocycles. The maximum absolute atomic E-state index is 13.9. The van der Waals surface area contributed by atoms with Crippen LogP contribution in [-0.4, -0.2) is 16.5 Å². The van der Waals surface area contributed by atoms with Crippen LogP contribution < -0.4 is 5.32 Å². The molecule has 0 radical (unpaired) electrons. The largest absolute Gasteiger partial charge is 0.305 e. The van der Waals surface area contributed by atoms with Crippen molar-refractivity contribution in [1.82, 2.24) is 15.3 Å². The maximum Gasteiger partial charge on any atom is 0.163 e. The maximum atomic E-state index is 13.9. The molecule has 100 valence electrons. The smallest absolute Gasteiger partial charge is 0.163 e. The Morgan fingerprint density at radius 1 is 1.26 bits per heavy atom. The SMILES string of the molecule is CCNC(c1ccnc(C)n1)c1cccc(F)c1F. The topological polar surface area (TPSA) is 37.8 Å². The molecule has 1 aromatic heterocycles. The van der Waals surface area contributed by atoms with Crippen LogP contribution in [0.1, 0.15) is 30.0 Å². The Bertz CT molecular complexity index is 572. The molecule has 2 aromatic rings. The third-order valence-electron chi connectivity index (χ3n) is 2.79. The molecular formula is C14H15F2N3. The fourth-order valence-corrected chi connectivity index (χ4v) is 1.96. The summed E-state index contributed by atoms with van der Waals surface area (Å²) >= 11 is 0. The van der Waals surface area contributed by atoms with E-state index >= 15 is 0 Å². The van der Waals surface area contributed by atoms with Crippen molar-refractivity contribution >= 4 is 0 Å². The van der Waals surface area contributed by atoms with Crippen LogP contribution in [0.4, 0.5) is 8.78 Å². The van der Waals surface area contributed by atoms with E-state index in [0.29, 0.717) is 18.1 Å². The van der Waals surface area contributed by atoms with Crippen molar-refractivity contribution in [2.24, 2.45) is 0 Å². The van der Waals surface area contributed by atoms with E-state index < -0.39 is 17.7 Å². The van der Waals surface area contributed by atoms with E-state index in [-0.39, 0.29) is 5.56 Å². The summed E-state index contributed by atoms with van der Waals surface area (Å²) < 4.78 is 27.2. The number of aromatic nitrogens is 2. The van der Waals surface area contributed by atoms with Crippen molar-refractivity contribution in [3.63, 3.8) is 0 Å². The molecule has 1 atom stereocenters. The molecule has 0 saturated carbocycles. The lowest BCUT2D eigenvalue weighted by Crippen LogP contribution is -2.24. The number of rotatable bonds is 4. The van der Waals surface area contributed by atoms with E-state index in [9.17, 15) is 8.78 Å². The molecule has 0 bridgehead atoms. The normalized spacial score (nSPS) is 12.4. The zero-order valence-corrected chi connectivity index (χ0v) is 10.8. The van der Waals surface area contributed by atoms with Crippen molar-refractivity contribution in [2.45, 2.75) is 19.9 Å². The van der Waals surface area contributed by atoms with Crippen LogP contribution in [0, 0.1) is 18.6 Å². The summed E-state index contributed by atoms with van der Waals surface area (Å²) in [6.07, 6.45) is 1.61. The number of nitrogens with one attached hydrogen (secondary N) is 1. The highest BCUT2D eigenvalue weighted by Crippen LogP contribution is 2.24. The summed E-state index contributed by atoms with van der Waals surface area (Å²) in [7, 11) is 0. The first-order valence-electron chi connectivity index (χ1n) is 6.10. The standard InChI is InChI=1S/C14H15F2N3/c1-3-17-14(12-7-8-18-9(2)19-12)10-5-4-6-11(15)13(10)16/h4-8,14,17H,3H2,1-2H3. The average molecular weight is 263 g/mol. The molecule has 0 aliphatic carbocycles. The molecule has 0 spiro atoms. The molecule has 3 nitrogen and oxygen atoms in total. The van der Waals surface area contributed by atoms with Gasteiger partial charge in [0.15, 0.2) is 11.6 Å². The molecule has 0 fully saturated rings. The molecule has 0 aliphatic rings. The molecular weight excluding hydrogens is 248 g/mol. The number of hydrogen-bond acceptors (Lipinski definition) is 3. The van der Waals surface area contributed by atoms with E-state index in [0.717, 1.165) is 6.07 Å². The predicted octanol–water partition coefficient (Wildman–Crippen LogP) is 2.76. The highest BCUT2D eigenvalue weighted by atomic mass is 19.2. The summed E-state index contributed by atoms with van der Waals surface area (Å²) in [6, 6.07) is 5.37. The van der Waals surface area contributed by atoms with E-state index in [1.54, 1.807) is 25.3 Å². The van der Waals surface area contributed by atoms with Gasteiger partial charge in [0.25, 0.3) is 0 Å². The molecule has 1 unspecified atom stereocenters. The van der Waals surface area contributed by atoms with E-state index in [1.807, 2.05) is 6.92 Å². The van der Waals surface area contributed by atoms with Crippen LogP contribution in [0.3, 0.4) is 0 Å². The van der Waals surface area contributed by atoms with Crippen molar-refractivity contribution in [2.75, 3.05) is 6.54 Å². The van der Waals surface area contributed by atoms with Gasteiger partial charge in [0, 0.05) is 11.8 Å². The van der Waals surface area contributed by atoms with Gasteiger partial charge in [-0.2, -0.15) is 0 Å². The highest BCUT2D eigenvalue weighted by molar-refractivity contribution is 5.29. The lowest BCUT2D eigenvalue weighted by molar-refractivity contribution is 0.480. The fraction of sp³-hybridized carbons (Fsp3) is 0.286. The fourth-order valence-electron chi connectivity index (χ4n) is 1.96. The van der Waals surface area contributed by atoms with Gasteiger partial charge in [0.05, 0.1) is 11.7 Å². The Morgan fingerprint density at radius 3 is 2.74 bits per heavy atom. The summed E-state index contributed by atoms with van der Waals surface area (Å²) in [5, 5.41) is 3.11. The highest BCUT2D eigenvalue weighted by Gasteiger charge is 2.20. The summed E-state index contributed by atoms with van der Waals surface area (Å²) in [5.41, 5.74) is 0.874. The van der Waals surface area contributed by atoms with Gasteiger partial charge < -0.3 is 5.32 Å². The molecule has 0 aliphatic heterocycles. The second-order valence-electron chi connectivity index (χ2n) is 4.16. The van der Waals surface area contributed by atoms with E-state index in [4.69, 9.17) is 0 Å². The van der Waals surface area contributed by atoms with E-state index in [1.165, 1.54) is 6.07 Å². The molecule has 1 N–H and O–H groups in total. The summed E-state index contributed by atoms with van der Waals surface area (Å²) in [6.45, 7) is 4.27. The number of nitrogens with zero attached hydrogens (tertiary/aromatic N) is 2. The van der Waals surface area contributed by atoms with Crippen molar-refractivity contribution in [3.05, 3.63) is 59.2 Å². The molecule has 5 heteroatoms. The molecule has 2 rings (SSSR count). The molecule has 1 heterocycles. The number of hydrogen-bond donors (Lipinski definition) is 1.